The normalized spacial score (nSPS) is 9.65. The van der Waals surface area contributed by atoms with Crippen LogP contribution in [0.3, 0.4) is 0 Å². The minimum absolute atomic E-state index is 0.0298. The SMILES string of the molecule is Cc1cccc(CC(=O)NCC#CCOc2cccc(Br)c2)c1. The van der Waals surface area contributed by atoms with Crippen LogP contribution in [-0.2, 0) is 11.2 Å². The molecule has 0 atom stereocenters. The second kappa shape index (κ2) is 9.02. The first kappa shape index (κ1) is 17.1. The number of benzene rings is 2. The van der Waals surface area contributed by atoms with Crippen LogP contribution in [0.2, 0.25) is 0 Å². The van der Waals surface area contributed by atoms with Crippen molar-refractivity contribution in [1.82, 2.24) is 5.32 Å². The van der Waals surface area contributed by atoms with Crippen molar-refractivity contribution < 1.29 is 9.53 Å². The highest BCUT2D eigenvalue weighted by atomic mass is 79.9. The fraction of sp³-hybridized carbons (Fsp3) is 0.211. The largest absolute Gasteiger partial charge is 0.481 e. The maximum Gasteiger partial charge on any atom is 0.225 e. The highest BCUT2D eigenvalue weighted by Gasteiger charge is 2.01. The Morgan fingerprint density at radius 2 is 2.00 bits per heavy atom. The van der Waals surface area contributed by atoms with E-state index in [-0.39, 0.29) is 5.91 Å². The van der Waals surface area contributed by atoms with Gasteiger partial charge in [0.1, 0.15) is 12.4 Å². The summed E-state index contributed by atoms with van der Waals surface area (Å²) in [5.41, 5.74) is 2.16. The lowest BCUT2D eigenvalue weighted by atomic mass is 10.1. The zero-order valence-corrected chi connectivity index (χ0v) is 14.5. The van der Waals surface area contributed by atoms with E-state index in [9.17, 15) is 4.79 Å². The molecule has 2 aromatic rings. The molecular weight excluding hydrogens is 354 g/mol. The van der Waals surface area contributed by atoms with E-state index in [0.29, 0.717) is 19.6 Å². The molecule has 0 spiro atoms. The Morgan fingerprint density at radius 3 is 2.78 bits per heavy atom. The molecule has 0 heterocycles. The van der Waals surface area contributed by atoms with Gasteiger partial charge in [-0.15, -0.1) is 0 Å². The Hall–Kier alpha value is -2.25. The molecule has 0 saturated heterocycles. The van der Waals surface area contributed by atoms with Gasteiger partial charge in [-0.2, -0.15) is 0 Å². The molecule has 2 rings (SSSR count). The Kier molecular flexibility index (Phi) is 6.71. The van der Waals surface area contributed by atoms with Gasteiger partial charge in [0.15, 0.2) is 0 Å². The van der Waals surface area contributed by atoms with Crippen LogP contribution in [0.1, 0.15) is 11.1 Å². The molecule has 0 aliphatic heterocycles. The highest BCUT2D eigenvalue weighted by Crippen LogP contribution is 2.17. The van der Waals surface area contributed by atoms with E-state index in [2.05, 4.69) is 33.1 Å². The molecule has 0 saturated carbocycles. The molecule has 4 heteroatoms. The molecule has 0 aliphatic rings. The average Bonchev–Trinajstić information content (AvgIpc) is 2.51. The zero-order valence-electron chi connectivity index (χ0n) is 12.9. The van der Waals surface area contributed by atoms with E-state index in [1.165, 1.54) is 0 Å². The van der Waals surface area contributed by atoms with Gasteiger partial charge in [-0.3, -0.25) is 4.79 Å². The van der Waals surface area contributed by atoms with Gasteiger partial charge in [-0.1, -0.05) is 63.7 Å². The summed E-state index contributed by atoms with van der Waals surface area (Å²) in [5, 5.41) is 2.78. The summed E-state index contributed by atoms with van der Waals surface area (Å²) in [6.45, 7) is 2.63. The van der Waals surface area contributed by atoms with E-state index in [1.54, 1.807) is 0 Å². The number of hydrogen-bond acceptors (Lipinski definition) is 2. The van der Waals surface area contributed by atoms with Crippen LogP contribution in [0.15, 0.2) is 53.0 Å². The molecule has 23 heavy (non-hydrogen) atoms. The third-order valence-electron chi connectivity index (χ3n) is 3.05. The third kappa shape index (κ3) is 6.58. The van der Waals surface area contributed by atoms with Crippen LogP contribution < -0.4 is 10.1 Å². The number of amides is 1. The van der Waals surface area contributed by atoms with Crippen LogP contribution in [0, 0.1) is 18.8 Å². The molecular formula is C19H18BrNO2. The number of hydrogen-bond donors (Lipinski definition) is 1. The summed E-state index contributed by atoms with van der Waals surface area (Å²) in [4.78, 5) is 11.8. The number of carbonyl (C=O) groups is 1. The van der Waals surface area contributed by atoms with Crippen molar-refractivity contribution >= 4 is 21.8 Å². The lowest BCUT2D eigenvalue weighted by molar-refractivity contribution is -0.120. The molecule has 0 fully saturated rings. The second-order valence-corrected chi connectivity index (χ2v) is 5.96. The van der Waals surface area contributed by atoms with E-state index >= 15 is 0 Å². The number of rotatable bonds is 5. The summed E-state index contributed by atoms with van der Waals surface area (Å²) in [7, 11) is 0. The Morgan fingerprint density at radius 1 is 1.17 bits per heavy atom. The number of aryl methyl sites for hydroxylation is 1. The van der Waals surface area contributed by atoms with Gasteiger partial charge < -0.3 is 10.1 Å². The standard InChI is InChI=1S/C19H18BrNO2/c1-15-6-4-7-16(12-15)13-19(22)21-10-2-3-11-23-18-9-5-8-17(20)14-18/h4-9,12,14H,10-11,13H2,1H3,(H,21,22). The van der Waals surface area contributed by atoms with Crippen molar-refractivity contribution in [2.75, 3.05) is 13.2 Å². The molecule has 3 nitrogen and oxygen atoms in total. The van der Waals surface area contributed by atoms with Gasteiger partial charge in [-0.25, -0.2) is 0 Å². The molecule has 0 aromatic heterocycles. The molecule has 1 N–H and O–H groups in total. The number of halogens is 1. The Balaban J connectivity index is 1.68. The second-order valence-electron chi connectivity index (χ2n) is 5.04. The van der Waals surface area contributed by atoms with Crippen LogP contribution in [-0.4, -0.2) is 19.1 Å². The predicted molar refractivity (Wildman–Crippen MR) is 95.3 cm³/mol. The summed E-state index contributed by atoms with van der Waals surface area (Å²) in [5.74, 6) is 6.49. The quantitative estimate of drug-likeness (QED) is 0.816. The lowest BCUT2D eigenvalue weighted by Crippen LogP contribution is -2.25. The molecule has 0 aliphatic carbocycles. The predicted octanol–water partition coefficient (Wildman–Crippen LogP) is 3.50. The zero-order chi connectivity index (χ0) is 16.5. The first-order valence-corrected chi connectivity index (χ1v) is 8.09. The average molecular weight is 372 g/mol. The van der Waals surface area contributed by atoms with Crippen LogP contribution in [0.4, 0.5) is 0 Å². The van der Waals surface area contributed by atoms with Gasteiger partial charge in [0.25, 0.3) is 0 Å². The van der Waals surface area contributed by atoms with Gasteiger partial charge in [0, 0.05) is 4.47 Å². The minimum atomic E-state index is -0.0298. The van der Waals surface area contributed by atoms with Crippen molar-refractivity contribution in [3.8, 4) is 17.6 Å². The van der Waals surface area contributed by atoms with Crippen molar-refractivity contribution in [3.05, 3.63) is 64.1 Å². The monoisotopic (exact) mass is 371 g/mol. The van der Waals surface area contributed by atoms with Gasteiger partial charge in [0.05, 0.1) is 13.0 Å². The van der Waals surface area contributed by atoms with Crippen molar-refractivity contribution in [1.29, 1.82) is 0 Å². The van der Waals surface area contributed by atoms with Crippen molar-refractivity contribution in [2.24, 2.45) is 0 Å². The molecule has 0 unspecified atom stereocenters. The number of carbonyl (C=O) groups excluding carboxylic acids is 1. The summed E-state index contributed by atoms with van der Waals surface area (Å²) in [6, 6.07) is 15.5. The molecule has 0 radical (unpaired) electrons. The highest BCUT2D eigenvalue weighted by molar-refractivity contribution is 9.10. The van der Waals surface area contributed by atoms with Crippen molar-refractivity contribution in [2.45, 2.75) is 13.3 Å². The smallest absolute Gasteiger partial charge is 0.225 e. The van der Waals surface area contributed by atoms with Gasteiger partial charge >= 0.3 is 0 Å². The Labute approximate surface area is 145 Å². The summed E-state index contributed by atoms with van der Waals surface area (Å²) in [6.07, 6.45) is 0.373. The van der Waals surface area contributed by atoms with Gasteiger partial charge in [-0.05, 0) is 30.7 Å². The lowest BCUT2D eigenvalue weighted by Gasteiger charge is -2.03. The van der Waals surface area contributed by atoms with Crippen LogP contribution in [0.25, 0.3) is 0 Å². The molecule has 1 amide bonds. The van der Waals surface area contributed by atoms with Gasteiger partial charge in [0.2, 0.25) is 5.91 Å². The molecule has 2 aromatic carbocycles. The van der Waals surface area contributed by atoms with E-state index in [1.807, 2.05) is 55.5 Å². The maximum absolute atomic E-state index is 11.8. The molecule has 0 bridgehead atoms. The van der Waals surface area contributed by atoms with Crippen molar-refractivity contribution in [3.63, 3.8) is 0 Å². The first-order valence-electron chi connectivity index (χ1n) is 7.30. The maximum atomic E-state index is 11.8. The van der Waals surface area contributed by atoms with E-state index in [0.717, 1.165) is 21.3 Å². The fourth-order valence-electron chi connectivity index (χ4n) is 2.00. The third-order valence-corrected chi connectivity index (χ3v) is 3.55. The Bertz CT molecular complexity index is 731. The van der Waals surface area contributed by atoms with Crippen LogP contribution in [0.5, 0.6) is 5.75 Å². The molecule has 118 valence electrons. The summed E-state index contributed by atoms with van der Waals surface area (Å²) < 4.78 is 6.45. The van der Waals surface area contributed by atoms with E-state index in [4.69, 9.17) is 4.74 Å². The van der Waals surface area contributed by atoms with E-state index < -0.39 is 0 Å². The number of nitrogens with one attached hydrogen (secondary N) is 1. The van der Waals surface area contributed by atoms with Crippen LogP contribution >= 0.6 is 15.9 Å². The topological polar surface area (TPSA) is 38.3 Å². The summed E-state index contributed by atoms with van der Waals surface area (Å²) >= 11 is 3.38. The fourth-order valence-corrected chi connectivity index (χ4v) is 2.38. The minimum Gasteiger partial charge on any atom is -0.481 e. The number of ether oxygens (including phenoxy) is 1. The first-order chi connectivity index (χ1) is 11.1.